The number of piperidine rings is 2. The first-order valence-corrected chi connectivity index (χ1v) is 24.9. The summed E-state index contributed by atoms with van der Waals surface area (Å²) >= 11 is 0. The highest BCUT2D eigenvalue weighted by Crippen LogP contribution is 2.60. The highest BCUT2D eigenvalue weighted by molar-refractivity contribution is 6.91. The highest BCUT2D eigenvalue weighted by atomic mass is 28.3. The molecular formula is C49H58N4O7Si. The van der Waals surface area contributed by atoms with Crippen LogP contribution in [0.5, 0.6) is 5.75 Å². The molecule has 8 rings (SSSR count). The van der Waals surface area contributed by atoms with E-state index in [0.29, 0.717) is 38.0 Å². The Morgan fingerprint density at radius 3 is 2.10 bits per heavy atom. The van der Waals surface area contributed by atoms with Crippen molar-refractivity contribution in [3.63, 3.8) is 0 Å². The van der Waals surface area contributed by atoms with Gasteiger partial charge in [0.1, 0.15) is 5.75 Å². The molecule has 12 heteroatoms. The molecule has 0 bridgehead atoms. The number of fused-ring (bicyclic) bond motifs is 2. The Balaban J connectivity index is 1.20. The van der Waals surface area contributed by atoms with Crippen molar-refractivity contribution >= 4 is 54.0 Å². The minimum atomic E-state index is -2.60. The molecule has 4 aromatic carbocycles. The maximum Gasteiger partial charge on any atom is 0.264 e. The van der Waals surface area contributed by atoms with Crippen LogP contribution in [0.3, 0.4) is 0 Å². The van der Waals surface area contributed by atoms with Gasteiger partial charge < -0.3 is 34.2 Å². The fourth-order valence-electron chi connectivity index (χ4n) is 10.5. The van der Waals surface area contributed by atoms with Gasteiger partial charge in [0.15, 0.2) is 5.60 Å². The zero-order valence-electron chi connectivity index (χ0n) is 35.8. The topological polar surface area (TPSA) is 120 Å². The lowest BCUT2D eigenvalue weighted by molar-refractivity contribution is -0.150. The van der Waals surface area contributed by atoms with Gasteiger partial charge in [-0.1, -0.05) is 79.8 Å². The lowest BCUT2D eigenvalue weighted by atomic mass is 9.82. The molecule has 4 heterocycles. The molecule has 4 aliphatic rings. The van der Waals surface area contributed by atoms with Crippen LogP contribution in [0.2, 0.25) is 18.6 Å². The maximum atomic E-state index is 15.6. The molecule has 1 N–H and O–H groups in total. The average molecular weight is 843 g/mol. The first-order chi connectivity index (χ1) is 29.5. The smallest absolute Gasteiger partial charge is 0.264 e. The zero-order chi connectivity index (χ0) is 42.9. The molecule has 61 heavy (non-hydrogen) atoms. The molecule has 3 saturated heterocycles. The third kappa shape index (κ3) is 8.01. The summed E-state index contributed by atoms with van der Waals surface area (Å²) in [6.07, 6.45) is 4.03. The quantitative estimate of drug-likeness (QED) is 0.146. The molecule has 0 unspecified atom stereocenters. The van der Waals surface area contributed by atoms with Crippen molar-refractivity contribution in [2.24, 2.45) is 5.92 Å². The molecule has 3 fully saturated rings. The highest BCUT2D eigenvalue weighted by Gasteiger charge is 2.66. The molecule has 4 aliphatic heterocycles. The van der Waals surface area contributed by atoms with Gasteiger partial charge in [0.2, 0.25) is 17.7 Å². The third-order valence-corrected chi connectivity index (χ3v) is 18.0. The van der Waals surface area contributed by atoms with Crippen LogP contribution in [0.1, 0.15) is 68.6 Å². The minimum Gasteiger partial charge on any atom is -0.497 e. The summed E-state index contributed by atoms with van der Waals surface area (Å²) < 4.78 is 12.9. The number of carbonyl (C=O) groups excluding carboxylic acids is 4. The number of nitrogens with zero attached hydrogens (tertiary/aromatic N) is 4. The molecule has 0 aromatic heterocycles. The molecule has 4 atom stereocenters. The van der Waals surface area contributed by atoms with Crippen LogP contribution in [-0.2, 0) is 42.6 Å². The fraction of sp³-hybridized carbons (Fsp3) is 0.429. The molecule has 0 radical (unpaired) electrons. The van der Waals surface area contributed by atoms with Crippen LogP contribution in [0, 0.1) is 5.92 Å². The number of aliphatic hydroxyl groups is 1. The van der Waals surface area contributed by atoms with Crippen LogP contribution in [0.25, 0.3) is 0 Å². The predicted molar refractivity (Wildman–Crippen MR) is 240 cm³/mol. The van der Waals surface area contributed by atoms with Crippen molar-refractivity contribution in [1.29, 1.82) is 0 Å². The number of rotatable bonds is 13. The van der Waals surface area contributed by atoms with Gasteiger partial charge in [-0.2, -0.15) is 0 Å². The van der Waals surface area contributed by atoms with E-state index in [1.165, 1.54) is 0 Å². The van der Waals surface area contributed by atoms with Crippen LogP contribution in [-0.4, -0.2) is 81.2 Å². The molecule has 1 spiro atoms. The first-order valence-electron chi connectivity index (χ1n) is 21.9. The van der Waals surface area contributed by atoms with Crippen LogP contribution >= 0.6 is 0 Å². The number of carbonyl (C=O) groups is 4. The molecule has 0 saturated carbocycles. The SMILES string of the molecule is COc1ccc([Si](C)(C)[C@H]2[C@H](CC(=O)N(CCO)Cc3ccccc3)O[C@@]3(C(=O)N(Cc4ccc(N5CCCCC5=O)cc4)c4ccc(N5CCCCC5=O)cc43)[C@@H]2C)cc1. The molecule has 11 nitrogen and oxygen atoms in total. The number of methoxy groups -OCH3 is 1. The first kappa shape index (κ1) is 42.4. The summed E-state index contributed by atoms with van der Waals surface area (Å²) in [6.45, 7) is 8.58. The van der Waals surface area contributed by atoms with Crippen LogP contribution in [0.4, 0.5) is 17.1 Å². The van der Waals surface area contributed by atoms with Crippen LogP contribution < -0.4 is 24.6 Å². The Morgan fingerprint density at radius 2 is 1.48 bits per heavy atom. The van der Waals surface area contributed by atoms with E-state index in [1.54, 1.807) is 12.0 Å². The molecule has 0 aliphatic carbocycles. The van der Waals surface area contributed by atoms with Crippen molar-refractivity contribution in [3.05, 3.63) is 114 Å². The van der Waals surface area contributed by atoms with E-state index in [4.69, 9.17) is 9.47 Å². The monoisotopic (exact) mass is 842 g/mol. The number of amides is 4. The number of anilines is 3. The summed E-state index contributed by atoms with van der Waals surface area (Å²) in [4.78, 5) is 63.4. The van der Waals surface area contributed by atoms with Gasteiger partial charge in [-0.05, 0) is 84.8 Å². The van der Waals surface area contributed by atoms with Crippen molar-refractivity contribution < 1.29 is 33.8 Å². The van der Waals surface area contributed by atoms with Gasteiger partial charge in [0, 0.05) is 61.9 Å². The Hall–Kier alpha value is -5.30. The van der Waals surface area contributed by atoms with Gasteiger partial charge in [-0.25, -0.2) is 0 Å². The zero-order valence-corrected chi connectivity index (χ0v) is 36.8. The second-order valence-corrected chi connectivity index (χ2v) is 22.3. The molecule has 4 amide bonds. The number of hydrogen-bond donors (Lipinski definition) is 1. The summed E-state index contributed by atoms with van der Waals surface area (Å²) in [5, 5.41) is 11.3. The standard InChI is InChI=1S/C49H58N4O7Si/c1-34-47(61(3,4)40-23-21-39(59-2)22-24-40)43(31-46(57)50(28-29-54)32-35-12-6-5-7-13-35)60-49(34)41-30-38(52-27-11-9-15-45(52)56)20-25-42(41)53(48(49)58)33-36-16-18-37(19-17-36)51-26-10-8-14-44(51)55/h5-7,12-13,16-25,30,34,43,47,54H,8-11,14-15,26-29,31-33H2,1-4H3/t34-,43+,47-,49+/m1/s1. The summed E-state index contributed by atoms with van der Waals surface area (Å²) in [7, 11) is -0.950. The van der Waals surface area contributed by atoms with Gasteiger partial charge in [-0.3, -0.25) is 19.2 Å². The van der Waals surface area contributed by atoms with E-state index in [-0.39, 0.29) is 61.2 Å². The summed E-state index contributed by atoms with van der Waals surface area (Å²) in [5.41, 5.74) is 3.25. The van der Waals surface area contributed by atoms with Gasteiger partial charge >= 0.3 is 0 Å². The van der Waals surface area contributed by atoms with Gasteiger partial charge in [0.05, 0.1) is 46.5 Å². The third-order valence-electron chi connectivity index (χ3n) is 13.7. The van der Waals surface area contributed by atoms with Gasteiger partial charge in [-0.15, -0.1) is 0 Å². The van der Waals surface area contributed by atoms with E-state index in [0.717, 1.165) is 64.8 Å². The molecule has 320 valence electrons. The van der Waals surface area contributed by atoms with Crippen molar-refractivity contribution in [2.75, 3.05) is 48.1 Å². The summed E-state index contributed by atoms with van der Waals surface area (Å²) in [6, 6.07) is 31.7. The lowest BCUT2D eigenvalue weighted by Gasteiger charge is -2.37. The van der Waals surface area contributed by atoms with E-state index >= 15 is 4.79 Å². The Bertz CT molecular complexity index is 2250. The van der Waals surface area contributed by atoms with E-state index in [9.17, 15) is 19.5 Å². The predicted octanol–water partition coefficient (Wildman–Crippen LogP) is 6.90. The van der Waals surface area contributed by atoms with Crippen molar-refractivity contribution in [3.8, 4) is 5.75 Å². The Kier molecular flexibility index (Phi) is 12.2. The van der Waals surface area contributed by atoms with E-state index in [1.807, 2.05) is 99.6 Å². The van der Waals surface area contributed by atoms with E-state index < -0.39 is 19.8 Å². The molecular weight excluding hydrogens is 785 g/mol. The number of hydrogen-bond acceptors (Lipinski definition) is 7. The van der Waals surface area contributed by atoms with Crippen molar-refractivity contribution in [2.45, 2.75) is 95.3 Å². The number of aliphatic hydroxyl groups excluding tert-OH is 1. The largest absolute Gasteiger partial charge is 0.497 e. The fourth-order valence-corrected chi connectivity index (χ4v) is 14.5. The Labute approximate surface area is 360 Å². The second kappa shape index (κ2) is 17.6. The number of benzene rings is 4. The summed E-state index contributed by atoms with van der Waals surface area (Å²) in [5.74, 6) is 0.223. The Morgan fingerprint density at radius 1 is 0.836 bits per heavy atom. The maximum absolute atomic E-state index is 15.6. The van der Waals surface area contributed by atoms with Crippen LogP contribution in [0.15, 0.2) is 97.1 Å². The average Bonchev–Trinajstić information content (AvgIpc) is 3.69. The number of ether oxygens (including phenoxy) is 2. The normalized spacial score (nSPS) is 22.9. The lowest BCUT2D eigenvalue weighted by Crippen LogP contribution is -2.52. The second-order valence-electron chi connectivity index (χ2n) is 17.6. The van der Waals surface area contributed by atoms with E-state index in [2.05, 4.69) is 32.2 Å². The molecule has 4 aromatic rings. The van der Waals surface area contributed by atoms with Crippen molar-refractivity contribution in [1.82, 2.24) is 4.90 Å². The minimum absolute atomic E-state index is 0.0276. The van der Waals surface area contributed by atoms with Gasteiger partial charge in [0.25, 0.3) is 5.91 Å².